The number of likely N-dealkylation sites (tertiary alicyclic amines) is 1. The summed E-state index contributed by atoms with van der Waals surface area (Å²) in [6.07, 6.45) is 1.34. The average Bonchev–Trinajstić information content (AvgIpc) is 2.69. The third-order valence-electron chi connectivity index (χ3n) is 4.68. The van der Waals surface area contributed by atoms with E-state index in [1.165, 1.54) is 0 Å². The molecule has 0 spiro atoms. The summed E-state index contributed by atoms with van der Waals surface area (Å²) >= 11 is 0. The molecule has 3 N–H and O–H groups in total. The molecule has 6 nitrogen and oxygen atoms in total. The average molecular weight is 367 g/mol. The van der Waals surface area contributed by atoms with Gasteiger partial charge in [0.05, 0.1) is 12.5 Å². The van der Waals surface area contributed by atoms with Crippen molar-refractivity contribution in [3.63, 3.8) is 0 Å². The second kappa shape index (κ2) is 9.19. The summed E-state index contributed by atoms with van der Waals surface area (Å²) in [5, 5.41) is 15.1. The van der Waals surface area contributed by atoms with Crippen LogP contribution in [0.15, 0.2) is 54.6 Å². The second-order valence-corrected chi connectivity index (χ2v) is 6.78. The van der Waals surface area contributed by atoms with E-state index in [0.29, 0.717) is 44.6 Å². The van der Waals surface area contributed by atoms with Gasteiger partial charge in [-0.15, -0.1) is 0 Å². The number of rotatable bonds is 5. The van der Waals surface area contributed by atoms with Crippen LogP contribution in [0.5, 0.6) is 0 Å². The van der Waals surface area contributed by atoms with E-state index in [9.17, 15) is 14.7 Å². The number of aliphatic hydroxyl groups excluding tert-OH is 1. The van der Waals surface area contributed by atoms with Crippen LogP contribution in [0.3, 0.4) is 0 Å². The van der Waals surface area contributed by atoms with Gasteiger partial charge in [0.2, 0.25) is 5.91 Å². The van der Waals surface area contributed by atoms with Gasteiger partial charge in [-0.3, -0.25) is 4.79 Å². The summed E-state index contributed by atoms with van der Waals surface area (Å²) in [6.45, 7) is 1.69. The first kappa shape index (κ1) is 18.9. The minimum absolute atomic E-state index is 0.0724. The van der Waals surface area contributed by atoms with Gasteiger partial charge in [0.1, 0.15) is 0 Å². The number of piperidine rings is 1. The number of anilines is 1. The van der Waals surface area contributed by atoms with Crippen LogP contribution in [-0.4, -0.2) is 41.1 Å². The largest absolute Gasteiger partial charge is 0.393 e. The predicted molar refractivity (Wildman–Crippen MR) is 104 cm³/mol. The van der Waals surface area contributed by atoms with Gasteiger partial charge in [-0.05, 0) is 36.1 Å². The lowest BCUT2D eigenvalue weighted by atomic mass is 10.1. The minimum Gasteiger partial charge on any atom is -0.393 e. The van der Waals surface area contributed by atoms with Gasteiger partial charge < -0.3 is 20.6 Å². The van der Waals surface area contributed by atoms with Crippen LogP contribution < -0.4 is 10.6 Å². The van der Waals surface area contributed by atoms with Gasteiger partial charge in [0.25, 0.3) is 0 Å². The first-order valence-electron chi connectivity index (χ1n) is 9.24. The number of carbonyl (C=O) groups is 2. The zero-order chi connectivity index (χ0) is 19.1. The molecular weight excluding hydrogens is 342 g/mol. The Morgan fingerprint density at radius 1 is 0.963 bits per heavy atom. The first-order chi connectivity index (χ1) is 13.1. The van der Waals surface area contributed by atoms with E-state index >= 15 is 0 Å². The van der Waals surface area contributed by atoms with Crippen molar-refractivity contribution in [1.82, 2.24) is 10.2 Å². The maximum absolute atomic E-state index is 12.3. The highest BCUT2D eigenvalue weighted by Gasteiger charge is 2.21. The van der Waals surface area contributed by atoms with Gasteiger partial charge in [-0.2, -0.15) is 0 Å². The van der Waals surface area contributed by atoms with Crippen molar-refractivity contribution < 1.29 is 14.7 Å². The molecule has 1 aliphatic rings. The van der Waals surface area contributed by atoms with E-state index in [1.54, 1.807) is 17.0 Å². The Hall–Kier alpha value is -2.86. The molecule has 3 rings (SSSR count). The van der Waals surface area contributed by atoms with Crippen molar-refractivity contribution in [3.05, 3.63) is 65.7 Å². The van der Waals surface area contributed by atoms with Gasteiger partial charge in [0.15, 0.2) is 0 Å². The fraction of sp³-hybridized carbons (Fsp3) is 0.333. The molecule has 0 aliphatic carbocycles. The molecule has 142 valence electrons. The summed E-state index contributed by atoms with van der Waals surface area (Å²) < 4.78 is 0. The molecule has 0 atom stereocenters. The van der Waals surface area contributed by atoms with Crippen molar-refractivity contribution in [2.75, 3.05) is 18.4 Å². The molecule has 1 saturated heterocycles. The summed E-state index contributed by atoms with van der Waals surface area (Å²) in [4.78, 5) is 26.1. The topological polar surface area (TPSA) is 81.7 Å². The maximum atomic E-state index is 12.3. The molecule has 2 aromatic carbocycles. The molecule has 1 heterocycles. The predicted octanol–water partition coefficient (Wildman–Crippen LogP) is 2.53. The van der Waals surface area contributed by atoms with Crippen molar-refractivity contribution in [2.24, 2.45) is 0 Å². The highest BCUT2D eigenvalue weighted by Crippen LogP contribution is 2.14. The third-order valence-corrected chi connectivity index (χ3v) is 4.68. The van der Waals surface area contributed by atoms with E-state index in [-0.39, 0.29) is 18.0 Å². The third kappa shape index (κ3) is 5.82. The van der Waals surface area contributed by atoms with Crippen LogP contribution in [0.25, 0.3) is 0 Å². The Balaban J connectivity index is 1.45. The number of amides is 3. The SMILES string of the molecule is O=C(NCc1ccccc1)Nc1ccc(CC(=O)N2CCC(O)CC2)cc1. The molecule has 0 aromatic heterocycles. The number of nitrogens with one attached hydrogen (secondary N) is 2. The summed E-state index contributed by atoms with van der Waals surface area (Å²) in [5.74, 6) is 0.0724. The number of hydrogen-bond donors (Lipinski definition) is 3. The molecule has 0 bridgehead atoms. The number of aliphatic hydroxyl groups is 1. The number of carbonyl (C=O) groups excluding carboxylic acids is 2. The van der Waals surface area contributed by atoms with Crippen LogP contribution in [0.1, 0.15) is 24.0 Å². The van der Waals surface area contributed by atoms with Gasteiger partial charge >= 0.3 is 6.03 Å². The van der Waals surface area contributed by atoms with Gasteiger partial charge in [-0.1, -0.05) is 42.5 Å². The van der Waals surface area contributed by atoms with Crippen LogP contribution >= 0.6 is 0 Å². The molecular formula is C21H25N3O3. The minimum atomic E-state index is -0.285. The quantitative estimate of drug-likeness (QED) is 0.760. The molecule has 27 heavy (non-hydrogen) atoms. The lowest BCUT2D eigenvalue weighted by Gasteiger charge is -2.29. The monoisotopic (exact) mass is 367 g/mol. The summed E-state index contributed by atoms with van der Waals surface area (Å²) in [7, 11) is 0. The Morgan fingerprint density at radius 2 is 1.63 bits per heavy atom. The molecule has 0 radical (unpaired) electrons. The molecule has 2 aromatic rings. The first-order valence-corrected chi connectivity index (χ1v) is 9.24. The smallest absolute Gasteiger partial charge is 0.319 e. The molecule has 6 heteroatoms. The molecule has 0 saturated carbocycles. The van der Waals surface area contributed by atoms with Crippen molar-refractivity contribution in [3.8, 4) is 0 Å². The molecule has 1 fully saturated rings. The van der Waals surface area contributed by atoms with Crippen LogP contribution in [-0.2, 0) is 17.8 Å². The zero-order valence-electron chi connectivity index (χ0n) is 15.2. The second-order valence-electron chi connectivity index (χ2n) is 6.78. The fourth-order valence-corrected chi connectivity index (χ4v) is 3.06. The van der Waals surface area contributed by atoms with Gasteiger partial charge in [-0.25, -0.2) is 4.79 Å². The lowest BCUT2D eigenvalue weighted by Crippen LogP contribution is -2.40. The number of urea groups is 1. The van der Waals surface area contributed by atoms with E-state index in [0.717, 1.165) is 11.1 Å². The van der Waals surface area contributed by atoms with Crippen LogP contribution in [0, 0.1) is 0 Å². The normalized spacial score (nSPS) is 14.6. The van der Waals surface area contributed by atoms with E-state index in [4.69, 9.17) is 0 Å². The van der Waals surface area contributed by atoms with Crippen molar-refractivity contribution in [2.45, 2.75) is 31.9 Å². The molecule has 3 amide bonds. The highest BCUT2D eigenvalue weighted by molar-refractivity contribution is 5.89. The number of hydrogen-bond acceptors (Lipinski definition) is 3. The Morgan fingerprint density at radius 3 is 2.30 bits per heavy atom. The number of nitrogens with zero attached hydrogens (tertiary/aromatic N) is 1. The highest BCUT2D eigenvalue weighted by atomic mass is 16.3. The van der Waals surface area contributed by atoms with E-state index in [1.807, 2.05) is 42.5 Å². The van der Waals surface area contributed by atoms with Crippen molar-refractivity contribution >= 4 is 17.6 Å². The fourth-order valence-electron chi connectivity index (χ4n) is 3.06. The van der Waals surface area contributed by atoms with Gasteiger partial charge in [0, 0.05) is 25.3 Å². The lowest BCUT2D eigenvalue weighted by molar-refractivity contribution is -0.132. The Kier molecular flexibility index (Phi) is 6.44. The van der Waals surface area contributed by atoms with E-state index < -0.39 is 0 Å². The Labute approximate surface area is 159 Å². The Bertz CT molecular complexity index is 754. The summed E-state index contributed by atoms with van der Waals surface area (Å²) in [5.41, 5.74) is 2.62. The van der Waals surface area contributed by atoms with Crippen LogP contribution in [0.2, 0.25) is 0 Å². The maximum Gasteiger partial charge on any atom is 0.319 e. The zero-order valence-corrected chi connectivity index (χ0v) is 15.2. The molecule has 0 unspecified atom stereocenters. The van der Waals surface area contributed by atoms with Crippen LogP contribution in [0.4, 0.5) is 10.5 Å². The summed E-state index contributed by atoms with van der Waals surface area (Å²) in [6, 6.07) is 16.7. The van der Waals surface area contributed by atoms with Crippen molar-refractivity contribution in [1.29, 1.82) is 0 Å². The molecule has 1 aliphatic heterocycles. The van der Waals surface area contributed by atoms with E-state index in [2.05, 4.69) is 10.6 Å². The number of benzene rings is 2. The standard InChI is InChI=1S/C21H25N3O3/c25-19-10-12-24(13-11-19)20(26)14-16-6-8-18(9-7-16)23-21(27)22-15-17-4-2-1-3-5-17/h1-9,19,25H,10-15H2,(H2,22,23,27).